The first kappa shape index (κ1) is 11.8. The highest BCUT2D eigenvalue weighted by atomic mass is 79.9. The van der Waals surface area contributed by atoms with Crippen molar-refractivity contribution >= 4 is 33.5 Å². The van der Waals surface area contributed by atoms with Crippen molar-refractivity contribution in [2.45, 2.75) is 24.9 Å². The standard InChI is InChI=1S/C11H13BrOS/c1-8(13)9(2)14-7-10-4-3-5-11(12)6-10/h3-6,9H,7H2,1-2H3. The molecule has 0 N–H and O–H groups in total. The summed E-state index contributed by atoms with van der Waals surface area (Å²) in [6, 6.07) is 8.17. The van der Waals surface area contributed by atoms with Gasteiger partial charge in [0.1, 0.15) is 5.78 Å². The van der Waals surface area contributed by atoms with Gasteiger partial charge < -0.3 is 0 Å². The predicted octanol–water partition coefficient (Wildman–Crippen LogP) is 3.66. The average molecular weight is 273 g/mol. The molecule has 0 heterocycles. The Hall–Kier alpha value is -0.280. The lowest BCUT2D eigenvalue weighted by Crippen LogP contribution is -2.08. The van der Waals surface area contributed by atoms with Gasteiger partial charge in [-0.15, -0.1) is 11.8 Å². The van der Waals surface area contributed by atoms with Gasteiger partial charge in [0.25, 0.3) is 0 Å². The van der Waals surface area contributed by atoms with Gasteiger partial charge in [0.15, 0.2) is 0 Å². The number of Topliss-reactive ketones (excluding diaryl/α,β-unsaturated/α-hetero) is 1. The summed E-state index contributed by atoms with van der Waals surface area (Å²) in [5.41, 5.74) is 1.25. The van der Waals surface area contributed by atoms with Crippen LogP contribution in [0.2, 0.25) is 0 Å². The van der Waals surface area contributed by atoms with Gasteiger partial charge in [-0.05, 0) is 31.5 Å². The molecule has 1 rings (SSSR count). The molecule has 0 aliphatic carbocycles. The van der Waals surface area contributed by atoms with Crippen molar-refractivity contribution in [2.24, 2.45) is 0 Å². The summed E-state index contributed by atoms with van der Waals surface area (Å²) in [7, 11) is 0. The van der Waals surface area contributed by atoms with E-state index in [0.717, 1.165) is 10.2 Å². The van der Waals surface area contributed by atoms with E-state index >= 15 is 0 Å². The van der Waals surface area contributed by atoms with Gasteiger partial charge in [-0.3, -0.25) is 4.79 Å². The fourth-order valence-corrected chi connectivity index (χ4v) is 2.27. The Balaban J connectivity index is 2.49. The molecule has 1 unspecified atom stereocenters. The van der Waals surface area contributed by atoms with Crippen LogP contribution >= 0.6 is 27.7 Å². The van der Waals surface area contributed by atoms with Crippen molar-refractivity contribution in [1.82, 2.24) is 0 Å². The molecule has 1 atom stereocenters. The fourth-order valence-electron chi connectivity index (χ4n) is 0.965. The van der Waals surface area contributed by atoms with E-state index in [-0.39, 0.29) is 11.0 Å². The summed E-state index contributed by atoms with van der Waals surface area (Å²) in [4.78, 5) is 11.0. The third-order valence-corrected chi connectivity index (χ3v) is 3.79. The van der Waals surface area contributed by atoms with Gasteiger partial charge in [-0.1, -0.05) is 28.1 Å². The summed E-state index contributed by atoms with van der Waals surface area (Å²) in [5, 5.41) is 0.0916. The molecule has 0 aliphatic rings. The smallest absolute Gasteiger partial charge is 0.142 e. The highest BCUT2D eigenvalue weighted by Gasteiger charge is 2.07. The molecule has 0 aromatic heterocycles. The van der Waals surface area contributed by atoms with E-state index in [2.05, 4.69) is 28.1 Å². The van der Waals surface area contributed by atoms with E-state index in [4.69, 9.17) is 0 Å². The Morgan fingerprint density at radius 1 is 1.57 bits per heavy atom. The maximum Gasteiger partial charge on any atom is 0.142 e. The zero-order valence-electron chi connectivity index (χ0n) is 8.29. The van der Waals surface area contributed by atoms with Gasteiger partial charge in [-0.25, -0.2) is 0 Å². The lowest BCUT2D eigenvalue weighted by atomic mass is 10.2. The number of carbonyl (C=O) groups excluding carboxylic acids is 1. The molecule has 0 fully saturated rings. The van der Waals surface area contributed by atoms with E-state index < -0.39 is 0 Å². The molecule has 0 bridgehead atoms. The molecule has 1 aromatic rings. The first-order valence-corrected chi connectivity index (χ1v) is 6.30. The van der Waals surface area contributed by atoms with Crippen LogP contribution in [0.15, 0.2) is 28.7 Å². The molecular formula is C11H13BrOS. The molecule has 1 nitrogen and oxygen atoms in total. The molecule has 0 amide bonds. The van der Waals surface area contributed by atoms with E-state index in [0.29, 0.717) is 0 Å². The highest BCUT2D eigenvalue weighted by Crippen LogP contribution is 2.20. The maximum absolute atomic E-state index is 11.0. The normalized spacial score (nSPS) is 12.5. The lowest BCUT2D eigenvalue weighted by Gasteiger charge is -2.07. The van der Waals surface area contributed by atoms with E-state index in [9.17, 15) is 4.79 Å². The number of carbonyl (C=O) groups is 1. The van der Waals surface area contributed by atoms with E-state index in [1.807, 2.05) is 19.1 Å². The largest absolute Gasteiger partial charge is 0.299 e. The van der Waals surface area contributed by atoms with Gasteiger partial charge in [0, 0.05) is 10.2 Å². The number of hydrogen-bond donors (Lipinski definition) is 0. The summed E-state index contributed by atoms with van der Waals surface area (Å²) in [6.07, 6.45) is 0. The average Bonchev–Trinajstić information content (AvgIpc) is 2.14. The zero-order chi connectivity index (χ0) is 10.6. The maximum atomic E-state index is 11.0. The Kier molecular flexibility index (Phi) is 4.69. The molecule has 0 saturated carbocycles. The predicted molar refractivity (Wildman–Crippen MR) is 65.6 cm³/mol. The molecule has 1 aromatic carbocycles. The summed E-state index contributed by atoms with van der Waals surface area (Å²) < 4.78 is 1.09. The van der Waals surface area contributed by atoms with Gasteiger partial charge >= 0.3 is 0 Å². The molecule has 0 saturated heterocycles. The van der Waals surface area contributed by atoms with Crippen molar-refractivity contribution in [3.63, 3.8) is 0 Å². The molecule has 3 heteroatoms. The van der Waals surface area contributed by atoms with Crippen LogP contribution in [-0.4, -0.2) is 11.0 Å². The third kappa shape index (κ3) is 3.84. The number of benzene rings is 1. The van der Waals surface area contributed by atoms with Crippen LogP contribution in [0.5, 0.6) is 0 Å². The van der Waals surface area contributed by atoms with Crippen molar-refractivity contribution in [1.29, 1.82) is 0 Å². The monoisotopic (exact) mass is 272 g/mol. The quantitative estimate of drug-likeness (QED) is 0.832. The molecular weight excluding hydrogens is 260 g/mol. The second kappa shape index (κ2) is 5.56. The Morgan fingerprint density at radius 2 is 2.29 bits per heavy atom. The van der Waals surface area contributed by atoms with Crippen LogP contribution in [0.4, 0.5) is 0 Å². The Bertz CT molecular complexity index is 325. The van der Waals surface area contributed by atoms with Crippen molar-refractivity contribution in [3.05, 3.63) is 34.3 Å². The van der Waals surface area contributed by atoms with Crippen LogP contribution < -0.4 is 0 Å². The van der Waals surface area contributed by atoms with E-state index in [1.165, 1.54) is 5.56 Å². The van der Waals surface area contributed by atoms with Crippen molar-refractivity contribution in [3.8, 4) is 0 Å². The van der Waals surface area contributed by atoms with Crippen molar-refractivity contribution in [2.75, 3.05) is 0 Å². The minimum Gasteiger partial charge on any atom is -0.299 e. The lowest BCUT2D eigenvalue weighted by molar-refractivity contribution is -0.116. The van der Waals surface area contributed by atoms with Crippen LogP contribution in [0.25, 0.3) is 0 Å². The van der Waals surface area contributed by atoms with E-state index in [1.54, 1.807) is 18.7 Å². The molecule has 0 radical (unpaired) electrons. The minimum absolute atomic E-state index is 0.0916. The molecule has 76 valence electrons. The summed E-state index contributed by atoms with van der Waals surface area (Å²) >= 11 is 5.10. The van der Waals surface area contributed by atoms with Gasteiger partial charge in [-0.2, -0.15) is 0 Å². The van der Waals surface area contributed by atoms with Crippen LogP contribution in [0.1, 0.15) is 19.4 Å². The fraction of sp³-hybridized carbons (Fsp3) is 0.364. The highest BCUT2D eigenvalue weighted by molar-refractivity contribution is 9.10. The Labute approximate surface area is 97.4 Å². The summed E-state index contributed by atoms with van der Waals surface area (Å²) in [5.74, 6) is 1.13. The topological polar surface area (TPSA) is 17.1 Å². The number of ketones is 1. The number of hydrogen-bond acceptors (Lipinski definition) is 2. The first-order chi connectivity index (χ1) is 6.59. The second-order valence-corrected chi connectivity index (χ2v) is 5.44. The summed E-state index contributed by atoms with van der Waals surface area (Å²) in [6.45, 7) is 3.59. The SMILES string of the molecule is CC(=O)C(C)SCc1cccc(Br)c1. The van der Waals surface area contributed by atoms with Gasteiger partial charge in [0.05, 0.1) is 5.25 Å². The van der Waals surface area contributed by atoms with Crippen LogP contribution in [-0.2, 0) is 10.5 Å². The first-order valence-electron chi connectivity index (χ1n) is 4.46. The number of thioether (sulfide) groups is 1. The molecule has 14 heavy (non-hydrogen) atoms. The third-order valence-electron chi connectivity index (χ3n) is 1.96. The van der Waals surface area contributed by atoms with Crippen LogP contribution in [0, 0.1) is 0 Å². The number of halogens is 1. The zero-order valence-corrected chi connectivity index (χ0v) is 10.7. The minimum atomic E-state index is 0.0916. The van der Waals surface area contributed by atoms with Gasteiger partial charge in [0.2, 0.25) is 0 Å². The molecule has 0 spiro atoms. The molecule has 0 aliphatic heterocycles. The van der Waals surface area contributed by atoms with Crippen molar-refractivity contribution < 1.29 is 4.79 Å². The second-order valence-electron chi connectivity index (χ2n) is 3.19. The Morgan fingerprint density at radius 3 is 2.86 bits per heavy atom. The number of rotatable bonds is 4. The van der Waals surface area contributed by atoms with Crippen LogP contribution in [0.3, 0.4) is 0 Å².